The van der Waals surface area contributed by atoms with Crippen LogP contribution in [0.1, 0.15) is 30.5 Å². The van der Waals surface area contributed by atoms with Crippen LogP contribution in [-0.4, -0.2) is 24.7 Å². The number of benzene rings is 1. The summed E-state index contributed by atoms with van der Waals surface area (Å²) in [6.07, 6.45) is 4.19. The summed E-state index contributed by atoms with van der Waals surface area (Å²) in [6.45, 7) is 3.91. The molecule has 5 nitrogen and oxygen atoms in total. The lowest BCUT2D eigenvalue weighted by molar-refractivity contribution is 0.147. The van der Waals surface area contributed by atoms with Crippen molar-refractivity contribution in [2.75, 3.05) is 25.1 Å². The molecule has 0 aliphatic carbocycles. The molecule has 23 heavy (non-hydrogen) atoms. The van der Waals surface area contributed by atoms with Gasteiger partial charge in [-0.2, -0.15) is 10.2 Å². The number of rotatable bonds is 8. The van der Waals surface area contributed by atoms with Crippen LogP contribution in [0.15, 0.2) is 28.7 Å². The second-order valence-corrected chi connectivity index (χ2v) is 4.70. The SMILES string of the molecule is CCOCCCNc1oc(/C=C/c2ccc(F)cc2)nc1C#N. The number of nitriles is 1. The van der Waals surface area contributed by atoms with Gasteiger partial charge in [-0.3, -0.25) is 0 Å². The van der Waals surface area contributed by atoms with Crippen LogP contribution in [0, 0.1) is 17.1 Å². The van der Waals surface area contributed by atoms with Crippen molar-refractivity contribution in [1.82, 2.24) is 4.98 Å². The number of aromatic nitrogens is 1. The molecule has 120 valence electrons. The van der Waals surface area contributed by atoms with Crippen molar-refractivity contribution >= 4 is 18.0 Å². The van der Waals surface area contributed by atoms with Crippen molar-refractivity contribution in [3.63, 3.8) is 0 Å². The van der Waals surface area contributed by atoms with Crippen LogP contribution in [-0.2, 0) is 4.74 Å². The molecule has 0 aliphatic heterocycles. The molecule has 0 unspecified atom stereocenters. The predicted octanol–water partition coefficient (Wildman–Crippen LogP) is 3.69. The van der Waals surface area contributed by atoms with E-state index >= 15 is 0 Å². The minimum Gasteiger partial charge on any atom is -0.420 e. The van der Waals surface area contributed by atoms with Crippen LogP contribution in [0.3, 0.4) is 0 Å². The third-order valence-electron chi connectivity index (χ3n) is 2.99. The van der Waals surface area contributed by atoms with Crippen LogP contribution >= 0.6 is 0 Å². The number of halogens is 1. The van der Waals surface area contributed by atoms with Crippen LogP contribution in [0.4, 0.5) is 10.3 Å². The average molecular weight is 315 g/mol. The zero-order chi connectivity index (χ0) is 16.5. The van der Waals surface area contributed by atoms with E-state index in [0.29, 0.717) is 31.5 Å². The molecule has 0 spiro atoms. The van der Waals surface area contributed by atoms with Gasteiger partial charge in [0.15, 0.2) is 0 Å². The van der Waals surface area contributed by atoms with Crippen LogP contribution in [0.2, 0.25) is 0 Å². The quantitative estimate of drug-likeness (QED) is 0.752. The Morgan fingerprint density at radius 3 is 2.83 bits per heavy atom. The first kappa shape index (κ1) is 16.7. The normalized spacial score (nSPS) is 10.8. The summed E-state index contributed by atoms with van der Waals surface area (Å²) in [5, 5.41) is 12.1. The number of anilines is 1. The first-order valence-corrected chi connectivity index (χ1v) is 7.39. The lowest BCUT2D eigenvalue weighted by Crippen LogP contribution is -2.05. The van der Waals surface area contributed by atoms with Gasteiger partial charge < -0.3 is 14.5 Å². The lowest BCUT2D eigenvalue weighted by Gasteiger charge is -2.02. The summed E-state index contributed by atoms with van der Waals surface area (Å²) >= 11 is 0. The van der Waals surface area contributed by atoms with E-state index in [0.717, 1.165) is 12.0 Å². The van der Waals surface area contributed by atoms with E-state index in [-0.39, 0.29) is 11.5 Å². The van der Waals surface area contributed by atoms with E-state index in [1.54, 1.807) is 24.3 Å². The molecule has 6 heteroatoms. The van der Waals surface area contributed by atoms with Gasteiger partial charge in [-0.05, 0) is 37.1 Å². The predicted molar refractivity (Wildman–Crippen MR) is 86.1 cm³/mol. The molecule has 1 N–H and O–H groups in total. The average Bonchev–Trinajstić information content (AvgIpc) is 2.96. The van der Waals surface area contributed by atoms with Gasteiger partial charge in [-0.15, -0.1) is 0 Å². The Balaban J connectivity index is 1.97. The Morgan fingerprint density at radius 2 is 2.13 bits per heavy atom. The fraction of sp³-hybridized carbons (Fsp3) is 0.294. The van der Waals surface area contributed by atoms with Crippen LogP contribution in [0.5, 0.6) is 0 Å². The second-order valence-electron chi connectivity index (χ2n) is 4.70. The lowest BCUT2D eigenvalue weighted by atomic mass is 10.2. The molecule has 0 aliphatic rings. The number of nitrogens with one attached hydrogen (secondary N) is 1. The molecule has 0 atom stereocenters. The molecule has 0 fully saturated rings. The van der Waals surface area contributed by atoms with Crippen molar-refractivity contribution in [3.05, 3.63) is 47.2 Å². The van der Waals surface area contributed by atoms with Crippen molar-refractivity contribution in [1.29, 1.82) is 5.26 Å². The Bertz CT molecular complexity index is 687. The molecule has 0 saturated heterocycles. The van der Waals surface area contributed by atoms with Crippen molar-refractivity contribution < 1.29 is 13.5 Å². The number of nitrogens with zero attached hydrogens (tertiary/aromatic N) is 2. The van der Waals surface area contributed by atoms with Gasteiger partial charge in [0, 0.05) is 25.8 Å². The third kappa shape index (κ3) is 5.24. The molecule has 0 radical (unpaired) electrons. The summed E-state index contributed by atoms with van der Waals surface area (Å²) in [5.41, 5.74) is 1.02. The minimum absolute atomic E-state index is 0.208. The molecule has 1 aromatic carbocycles. The van der Waals surface area contributed by atoms with E-state index in [1.807, 2.05) is 13.0 Å². The minimum atomic E-state index is -0.288. The third-order valence-corrected chi connectivity index (χ3v) is 2.99. The summed E-state index contributed by atoms with van der Waals surface area (Å²) in [7, 11) is 0. The highest BCUT2D eigenvalue weighted by Crippen LogP contribution is 2.18. The largest absolute Gasteiger partial charge is 0.420 e. The van der Waals surface area contributed by atoms with Gasteiger partial charge in [0.25, 0.3) is 0 Å². The smallest absolute Gasteiger partial charge is 0.232 e. The van der Waals surface area contributed by atoms with Gasteiger partial charge in [0.05, 0.1) is 0 Å². The van der Waals surface area contributed by atoms with Crippen molar-refractivity contribution in [3.8, 4) is 6.07 Å². The van der Waals surface area contributed by atoms with Crippen molar-refractivity contribution in [2.24, 2.45) is 0 Å². The van der Waals surface area contributed by atoms with Crippen molar-refractivity contribution in [2.45, 2.75) is 13.3 Å². The van der Waals surface area contributed by atoms with Crippen LogP contribution in [0.25, 0.3) is 12.2 Å². The molecule has 0 bridgehead atoms. The number of ether oxygens (including phenoxy) is 1. The molecule has 1 heterocycles. The topological polar surface area (TPSA) is 71.1 Å². The standard InChI is InChI=1S/C17H18FN3O2/c1-2-22-11-3-10-20-17-15(12-19)21-16(23-17)9-6-13-4-7-14(18)8-5-13/h4-9,20H,2-3,10-11H2,1H3/b9-6+. The molecular weight excluding hydrogens is 297 g/mol. The summed E-state index contributed by atoms with van der Waals surface area (Å²) < 4.78 is 23.6. The monoisotopic (exact) mass is 315 g/mol. The van der Waals surface area contributed by atoms with E-state index in [1.165, 1.54) is 12.1 Å². The summed E-state index contributed by atoms with van der Waals surface area (Å²) in [6, 6.07) is 8.04. The Kier molecular flexibility index (Phi) is 6.33. The Labute approximate surface area is 134 Å². The first-order chi connectivity index (χ1) is 11.2. The maximum atomic E-state index is 12.8. The van der Waals surface area contributed by atoms with Gasteiger partial charge >= 0.3 is 0 Å². The molecule has 0 amide bonds. The molecule has 2 aromatic rings. The van der Waals surface area contributed by atoms with E-state index < -0.39 is 0 Å². The fourth-order valence-electron chi connectivity index (χ4n) is 1.87. The fourth-order valence-corrected chi connectivity index (χ4v) is 1.87. The first-order valence-electron chi connectivity index (χ1n) is 7.39. The highest BCUT2D eigenvalue weighted by atomic mass is 19.1. The zero-order valence-corrected chi connectivity index (χ0v) is 12.9. The summed E-state index contributed by atoms with van der Waals surface area (Å²) in [5.74, 6) is 0.379. The van der Waals surface area contributed by atoms with Gasteiger partial charge in [-0.1, -0.05) is 12.1 Å². The molecular formula is C17H18FN3O2. The summed E-state index contributed by atoms with van der Waals surface area (Å²) in [4.78, 5) is 4.09. The Hall–Kier alpha value is -2.65. The highest BCUT2D eigenvalue weighted by Gasteiger charge is 2.10. The molecule has 2 rings (SSSR count). The van der Waals surface area contributed by atoms with Gasteiger partial charge in [-0.25, -0.2) is 4.39 Å². The van der Waals surface area contributed by atoms with Gasteiger partial charge in [0.1, 0.15) is 11.9 Å². The van der Waals surface area contributed by atoms with E-state index in [2.05, 4.69) is 10.3 Å². The van der Waals surface area contributed by atoms with E-state index in [4.69, 9.17) is 14.4 Å². The number of hydrogen-bond donors (Lipinski definition) is 1. The van der Waals surface area contributed by atoms with Gasteiger partial charge in [0.2, 0.25) is 17.5 Å². The number of oxazole rings is 1. The van der Waals surface area contributed by atoms with E-state index in [9.17, 15) is 4.39 Å². The highest BCUT2D eigenvalue weighted by molar-refractivity contribution is 5.67. The second kappa shape index (κ2) is 8.71. The van der Waals surface area contributed by atoms with Crippen LogP contribution < -0.4 is 5.32 Å². The maximum absolute atomic E-state index is 12.8. The zero-order valence-electron chi connectivity index (χ0n) is 12.9. The number of hydrogen-bond acceptors (Lipinski definition) is 5. The molecule has 1 aromatic heterocycles. The molecule has 0 saturated carbocycles. The maximum Gasteiger partial charge on any atom is 0.232 e. The Morgan fingerprint density at radius 1 is 1.35 bits per heavy atom.